The highest BCUT2D eigenvalue weighted by Crippen LogP contribution is 2.24. The molecule has 1 saturated carbocycles. The highest BCUT2D eigenvalue weighted by Gasteiger charge is 2.30. The smallest absolute Gasteiger partial charge is 0.308 e. The summed E-state index contributed by atoms with van der Waals surface area (Å²) in [4.78, 5) is 28.3. The predicted octanol–water partition coefficient (Wildman–Crippen LogP) is 3.57. The summed E-state index contributed by atoms with van der Waals surface area (Å²) in [5.41, 5.74) is 1.64. The van der Waals surface area contributed by atoms with E-state index in [-0.39, 0.29) is 24.2 Å². The Morgan fingerprint density at radius 2 is 1.93 bits per heavy atom. The molecule has 0 radical (unpaired) electrons. The molecule has 1 aromatic heterocycles. The molecular weight excluding hydrogens is 367 g/mol. The molecule has 27 heavy (non-hydrogen) atoms. The van der Waals surface area contributed by atoms with Gasteiger partial charge in [-0.3, -0.25) is 9.59 Å². The van der Waals surface area contributed by atoms with E-state index < -0.39 is 11.9 Å². The molecule has 0 aliphatic heterocycles. The number of benzene rings is 1. The van der Waals surface area contributed by atoms with E-state index in [0.29, 0.717) is 25.0 Å². The Balaban J connectivity index is 1.56. The molecular formula is C20H23FN2O3S. The fraction of sp³-hybridized carbons (Fsp3) is 0.450. The Hall–Kier alpha value is -2.28. The van der Waals surface area contributed by atoms with E-state index in [1.165, 1.54) is 23.5 Å². The Morgan fingerprint density at radius 1 is 1.19 bits per heavy atom. The second-order valence-electron chi connectivity index (χ2n) is 6.97. The molecule has 2 atom stereocenters. The maximum atomic E-state index is 13.0. The van der Waals surface area contributed by atoms with Crippen molar-refractivity contribution in [3.8, 4) is 0 Å². The summed E-state index contributed by atoms with van der Waals surface area (Å²) in [6, 6.07) is 5.98. The van der Waals surface area contributed by atoms with E-state index in [1.54, 1.807) is 12.1 Å². The summed E-state index contributed by atoms with van der Waals surface area (Å²) in [7, 11) is 0. The summed E-state index contributed by atoms with van der Waals surface area (Å²) in [5, 5.41) is 15.0. The summed E-state index contributed by atoms with van der Waals surface area (Å²) in [6.07, 6.45) is 4.89. The lowest BCUT2D eigenvalue weighted by molar-refractivity contribution is -0.143. The van der Waals surface area contributed by atoms with Crippen molar-refractivity contribution < 1.29 is 19.1 Å². The van der Waals surface area contributed by atoms with Crippen molar-refractivity contribution in [2.45, 2.75) is 51.0 Å². The number of halogens is 1. The number of carbonyl (C=O) groups is 2. The molecule has 2 N–H and O–H groups in total. The van der Waals surface area contributed by atoms with Crippen molar-refractivity contribution in [3.63, 3.8) is 0 Å². The van der Waals surface area contributed by atoms with Gasteiger partial charge in [-0.2, -0.15) is 0 Å². The van der Waals surface area contributed by atoms with E-state index in [2.05, 4.69) is 10.3 Å². The van der Waals surface area contributed by atoms with Gasteiger partial charge in [-0.1, -0.05) is 31.4 Å². The number of thiazole rings is 1. The van der Waals surface area contributed by atoms with Gasteiger partial charge in [0.15, 0.2) is 0 Å². The van der Waals surface area contributed by atoms with Crippen LogP contribution < -0.4 is 5.32 Å². The van der Waals surface area contributed by atoms with Crippen LogP contribution in [0.15, 0.2) is 29.6 Å². The monoisotopic (exact) mass is 390 g/mol. The number of hydrogen-bond acceptors (Lipinski definition) is 4. The topological polar surface area (TPSA) is 79.3 Å². The second kappa shape index (κ2) is 9.08. The average molecular weight is 390 g/mol. The highest BCUT2D eigenvalue weighted by atomic mass is 32.1. The lowest BCUT2D eigenvalue weighted by atomic mass is 9.95. The molecule has 3 rings (SSSR count). The highest BCUT2D eigenvalue weighted by molar-refractivity contribution is 7.09. The van der Waals surface area contributed by atoms with Crippen LogP contribution in [0.2, 0.25) is 0 Å². The number of carbonyl (C=O) groups excluding carboxylic acids is 1. The van der Waals surface area contributed by atoms with Gasteiger partial charge in [-0.05, 0) is 30.5 Å². The Morgan fingerprint density at radius 3 is 2.67 bits per heavy atom. The molecule has 144 valence electrons. The molecule has 1 amide bonds. The van der Waals surface area contributed by atoms with Crippen LogP contribution in [0.25, 0.3) is 0 Å². The number of rotatable bonds is 6. The minimum atomic E-state index is -0.836. The third-order valence-electron chi connectivity index (χ3n) is 4.89. The maximum Gasteiger partial charge on any atom is 0.308 e. The third kappa shape index (κ3) is 5.60. The van der Waals surface area contributed by atoms with E-state index in [4.69, 9.17) is 0 Å². The fourth-order valence-electron chi connectivity index (χ4n) is 3.49. The van der Waals surface area contributed by atoms with Gasteiger partial charge < -0.3 is 10.4 Å². The molecule has 1 aliphatic rings. The minimum Gasteiger partial charge on any atom is -0.481 e. The number of carboxylic acids is 1. The van der Waals surface area contributed by atoms with Crippen LogP contribution in [0.5, 0.6) is 0 Å². The second-order valence-corrected chi connectivity index (χ2v) is 7.91. The first-order valence-electron chi connectivity index (χ1n) is 9.21. The van der Waals surface area contributed by atoms with Crippen LogP contribution in [0, 0.1) is 11.7 Å². The lowest BCUT2D eigenvalue weighted by Gasteiger charge is -2.22. The first-order valence-corrected chi connectivity index (χ1v) is 10.1. The van der Waals surface area contributed by atoms with Gasteiger partial charge in [-0.15, -0.1) is 11.3 Å². The van der Waals surface area contributed by atoms with Crippen LogP contribution in [0.4, 0.5) is 4.39 Å². The number of hydrogen-bond donors (Lipinski definition) is 2. The van der Waals surface area contributed by atoms with Crippen molar-refractivity contribution in [2.24, 2.45) is 5.92 Å². The summed E-state index contributed by atoms with van der Waals surface area (Å²) in [6.45, 7) is 0. The van der Waals surface area contributed by atoms with Crippen LogP contribution >= 0.6 is 11.3 Å². The zero-order chi connectivity index (χ0) is 19.2. The molecule has 0 bridgehead atoms. The normalized spacial score (nSPS) is 20.0. The zero-order valence-corrected chi connectivity index (χ0v) is 15.8. The molecule has 1 heterocycles. The first kappa shape index (κ1) is 19.5. The number of nitrogens with zero attached hydrogens (tertiary/aromatic N) is 1. The molecule has 0 unspecified atom stereocenters. The minimum absolute atomic E-state index is 0.142. The van der Waals surface area contributed by atoms with E-state index in [1.807, 2.05) is 5.38 Å². The van der Waals surface area contributed by atoms with Crippen molar-refractivity contribution in [2.75, 3.05) is 0 Å². The van der Waals surface area contributed by atoms with Gasteiger partial charge in [-0.25, -0.2) is 9.37 Å². The quantitative estimate of drug-likeness (QED) is 0.739. The average Bonchev–Trinajstić information content (AvgIpc) is 2.91. The van der Waals surface area contributed by atoms with Crippen molar-refractivity contribution in [1.29, 1.82) is 0 Å². The van der Waals surface area contributed by atoms with Gasteiger partial charge in [0.05, 0.1) is 23.0 Å². The zero-order valence-electron chi connectivity index (χ0n) is 15.0. The first-order chi connectivity index (χ1) is 13.0. The molecule has 7 heteroatoms. The number of amides is 1. The summed E-state index contributed by atoms with van der Waals surface area (Å²) < 4.78 is 13.0. The van der Waals surface area contributed by atoms with Crippen LogP contribution in [-0.2, 0) is 22.4 Å². The van der Waals surface area contributed by atoms with Gasteiger partial charge >= 0.3 is 5.97 Å². The Labute approximate surface area is 161 Å². The Bertz CT molecular complexity index is 791. The van der Waals surface area contributed by atoms with Crippen LogP contribution in [0.1, 0.15) is 48.4 Å². The van der Waals surface area contributed by atoms with Crippen molar-refractivity contribution in [3.05, 3.63) is 51.7 Å². The third-order valence-corrected chi connectivity index (χ3v) is 5.79. The predicted molar refractivity (Wildman–Crippen MR) is 101 cm³/mol. The molecule has 5 nitrogen and oxygen atoms in total. The van der Waals surface area contributed by atoms with Crippen LogP contribution in [0.3, 0.4) is 0 Å². The summed E-state index contributed by atoms with van der Waals surface area (Å²) >= 11 is 1.47. The standard InChI is InChI=1S/C20H23FN2O3S/c21-14-8-6-13(7-9-14)10-19-22-15(12-27-19)11-18(24)23-17-5-3-1-2-4-16(17)20(25)26/h6-9,12,16-17H,1-5,10-11H2,(H,23,24)(H,25,26)/t16-,17+/m1/s1. The molecule has 2 aromatic rings. The number of carboxylic acid groups (broad SMARTS) is 1. The van der Waals surface area contributed by atoms with Crippen molar-refractivity contribution in [1.82, 2.24) is 10.3 Å². The van der Waals surface area contributed by atoms with Gasteiger partial charge in [0, 0.05) is 17.8 Å². The molecule has 1 aromatic carbocycles. The molecule has 0 spiro atoms. The largest absolute Gasteiger partial charge is 0.481 e. The van der Waals surface area contributed by atoms with Crippen LogP contribution in [-0.4, -0.2) is 28.0 Å². The van der Waals surface area contributed by atoms with Crippen molar-refractivity contribution >= 4 is 23.2 Å². The lowest BCUT2D eigenvalue weighted by Crippen LogP contribution is -2.43. The Kier molecular flexibility index (Phi) is 6.55. The number of nitrogens with one attached hydrogen (secondary N) is 1. The maximum absolute atomic E-state index is 13.0. The van der Waals surface area contributed by atoms with Gasteiger partial charge in [0.1, 0.15) is 5.82 Å². The van der Waals surface area contributed by atoms with Gasteiger partial charge in [0.25, 0.3) is 0 Å². The van der Waals surface area contributed by atoms with E-state index >= 15 is 0 Å². The molecule has 1 fully saturated rings. The fourth-order valence-corrected chi connectivity index (χ4v) is 4.31. The number of aromatic nitrogens is 1. The SMILES string of the molecule is O=C(Cc1csc(Cc2ccc(F)cc2)n1)N[C@H]1CCCCC[C@H]1C(=O)O. The molecule has 0 saturated heterocycles. The molecule has 1 aliphatic carbocycles. The number of aliphatic carboxylic acids is 1. The van der Waals surface area contributed by atoms with E-state index in [9.17, 15) is 19.1 Å². The van der Waals surface area contributed by atoms with E-state index in [0.717, 1.165) is 29.8 Å². The van der Waals surface area contributed by atoms with Gasteiger partial charge in [0.2, 0.25) is 5.91 Å². The summed E-state index contributed by atoms with van der Waals surface area (Å²) in [5.74, 6) is -1.81.